The van der Waals surface area contributed by atoms with Gasteiger partial charge >= 0.3 is 0 Å². The number of hydrogen-bond donors (Lipinski definition) is 3. The molecular weight excluding hydrogens is 378 g/mol. The van der Waals surface area contributed by atoms with E-state index in [1.54, 1.807) is 6.20 Å². The van der Waals surface area contributed by atoms with Gasteiger partial charge in [-0.1, -0.05) is 24.3 Å². The normalized spacial score (nSPS) is 14.8. The highest BCUT2D eigenvalue weighted by Gasteiger charge is 2.22. The molecule has 7 heteroatoms. The first-order valence-corrected chi connectivity index (χ1v) is 10.0. The third-order valence-electron chi connectivity index (χ3n) is 5.59. The topological polar surface area (TPSA) is 107 Å². The first-order chi connectivity index (χ1) is 14.8. The number of nitriles is 1. The Hall–Kier alpha value is -3.47. The summed E-state index contributed by atoms with van der Waals surface area (Å²) in [6.07, 6.45) is 5.32. The molecule has 7 nitrogen and oxygen atoms in total. The number of aromatic nitrogens is 3. The van der Waals surface area contributed by atoms with Gasteiger partial charge in [0.25, 0.3) is 0 Å². The number of nitrogens with zero attached hydrogens (tertiary/aromatic N) is 3. The number of piperidine rings is 1. The van der Waals surface area contributed by atoms with Gasteiger partial charge in [0.1, 0.15) is 17.8 Å². The maximum Gasteiger partial charge on any atom is 0.183 e. The maximum absolute atomic E-state index is 9.65. The maximum atomic E-state index is 9.65. The van der Waals surface area contributed by atoms with Crippen molar-refractivity contribution in [3.8, 4) is 22.9 Å². The van der Waals surface area contributed by atoms with Gasteiger partial charge in [-0.25, -0.2) is 9.97 Å². The summed E-state index contributed by atoms with van der Waals surface area (Å²) in [5, 5.41) is 24.0. The number of pyridine rings is 2. The molecule has 0 amide bonds. The molecule has 0 unspecified atom stereocenters. The van der Waals surface area contributed by atoms with E-state index in [0.29, 0.717) is 11.4 Å². The van der Waals surface area contributed by atoms with E-state index in [4.69, 9.17) is 4.74 Å². The monoisotopic (exact) mass is 399 g/mol. The zero-order valence-electron chi connectivity index (χ0n) is 16.4. The number of H-pyrrole nitrogens is 1. The molecule has 4 heterocycles. The van der Waals surface area contributed by atoms with Crippen molar-refractivity contribution in [1.82, 2.24) is 20.3 Å². The highest BCUT2D eigenvalue weighted by molar-refractivity contribution is 6.10. The Labute approximate surface area is 173 Å². The number of rotatable bonds is 4. The van der Waals surface area contributed by atoms with Crippen LogP contribution in [0.3, 0.4) is 0 Å². The molecule has 3 N–H and O–H groups in total. The van der Waals surface area contributed by atoms with Crippen LogP contribution in [0.15, 0.2) is 42.7 Å². The van der Waals surface area contributed by atoms with E-state index in [1.807, 2.05) is 30.5 Å². The van der Waals surface area contributed by atoms with E-state index in [-0.39, 0.29) is 12.7 Å². The lowest BCUT2D eigenvalue weighted by Gasteiger charge is -2.24. The molecule has 0 aliphatic carbocycles. The first kappa shape index (κ1) is 18.6. The van der Waals surface area contributed by atoms with Crippen LogP contribution in [0.5, 0.6) is 5.75 Å². The van der Waals surface area contributed by atoms with Gasteiger partial charge in [-0.15, -0.1) is 0 Å². The van der Waals surface area contributed by atoms with E-state index in [2.05, 4.69) is 32.4 Å². The Morgan fingerprint density at radius 2 is 1.90 bits per heavy atom. The van der Waals surface area contributed by atoms with Crippen molar-refractivity contribution in [2.24, 2.45) is 0 Å². The highest BCUT2D eigenvalue weighted by Crippen LogP contribution is 2.37. The van der Waals surface area contributed by atoms with Gasteiger partial charge < -0.3 is 20.1 Å². The summed E-state index contributed by atoms with van der Waals surface area (Å²) in [4.78, 5) is 12.2. The van der Waals surface area contributed by atoms with Crippen molar-refractivity contribution in [3.05, 3.63) is 54.0 Å². The molecule has 150 valence electrons. The lowest BCUT2D eigenvalue weighted by Crippen LogP contribution is -2.34. The fourth-order valence-corrected chi connectivity index (χ4v) is 3.97. The molecule has 1 aliphatic heterocycles. The van der Waals surface area contributed by atoms with Crippen LogP contribution < -0.4 is 10.1 Å². The molecule has 1 fully saturated rings. The summed E-state index contributed by atoms with van der Waals surface area (Å²) < 4.78 is 6.33. The molecule has 1 saturated heterocycles. The Balaban J connectivity index is 1.66. The molecule has 4 aromatic rings. The second-order valence-electron chi connectivity index (χ2n) is 7.50. The second-order valence-corrected chi connectivity index (χ2v) is 7.50. The van der Waals surface area contributed by atoms with Gasteiger partial charge in [0.2, 0.25) is 0 Å². The lowest BCUT2D eigenvalue weighted by molar-refractivity contribution is 0.163. The lowest BCUT2D eigenvalue weighted by atomic mass is 10.0. The van der Waals surface area contributed by atoms with Crippen LogP contribution in [-0.2, 0) is 6.61 Å². The van der Waals surface area contributed by atoms with Crippen molar-refractivity contribution in [2.45, 2.75) is 25.6 Å². The minimum Gasteiger partial charge on any atom is -0.487 e. The third-order valence-corrected chi connectivity index (χ3v) is 5.59. The molecule has 0 spiro atoms. The summed E-state index contributed by atoms with van der Waals surface area (Å²) in [5.74, 6) is 0.530. The van der Waals surface area contributed by atoms with Gasteiger partial charge in [-0.2, -0.15) is 5.26 Å². The fraction of sp³-hybridized carbons (Fsp3) is 0.261. The van der Waals surface area contributed by atoms with E-state index >= 15 is 0 Å². The highest BCUT2D eigenvalue weighted by atomic mass is 16.5. The van der Waals surface area contributed by atoms with Gasteiger partial charge in [-0.05, 0) is 43.1 Å². The number of fused-ring (bicyclic) bond motifs is 3. The summed E-state index contributed by atoms with van der Waals surface area (Å²) in [7, 11) is 0. The van der Waals surface area contributed by atoms with Crippen LogP contribution in [0.2, 0.25) is 0 Å². The number of aromatic amines is 1. The summed E-state index contributed by atoms with van der Waals surface area (Å²) in [6, 6.07) is 12.0. The number of benzene rings is 1. The molecule has 5 rings (SSSR count). The smallest absolute Gasteiger partial charge is 0.183 e. The Morgan fingerprint density at radius 1 is 1.10 bits per heavy atom. The number of hydrogen-bond acceptors (Lipinski definition) is 6. The quantitative estimate of drug-likeness (QED) is 0.486. The van der Waals surface area contributed by atoms with Crippen molar-refractivity contribution in [3.63, 3.8) is 0 Å². The molecule has 1 aromatic carbocycles. The molecule has 0 radical (unpaired) electrons. The summed E-state index contributed by atoms with van der Waals surface area (Å²) in [6.45, 7) is 1.82. The Bertz CT molecular complexity index is 1250. The van der Waals surface area contributed by atoms with E-state index in [1.165, 1.54) is 0 Å². The molecule has 0 saturated carbocycles. The average Bonchev–Trinajstić information content (AvgIpc) is 3.18. The van der Waals surface area contributed by atoms with Crippen molar-refractivity contribution >= 4 is 21.9 Å². The largest absolute Gasteiger partial charge is 0.487 e. The van der Waals surface area contributed by atoms with Crippen molar-refractivity contribution in [2.75, 3.05) is 13.1 Å². The summed E-state index contributed by atoms with van der Waals surface area (Å²) in [5.41, 5.74) is 4.64. The fourth-order valence-electron chi connectivity index (χ4n) is 3.97. The van der Waals surface area contributed by atoms with Crippen LogP contribution >= 0.6 is 0 Å². The van der Waals surface area contributed by atoms with E-state index in [9.17, 15) is 10.4 Å². The van der Waals surface area contributed by atoms with Crippen LogP contribution in [0, 0.1) is 11.3 Å². The van der Waals surface area contributed by atoms with Crippen molar-refractivity contribution < 1.29 is 9.84 Å². The van der Waals surface area contributed by atoms with Crippen LogP contribution in [0.4, 0.5) is 0 Å². The van der Waals surface area contributed by atoms with Gasteiger partial charge in [-0.3, -0.25) is 0 Å². The van der Waals surface area contributed by atoms with Crippen LogP contribution in [0.25, 0.3) is 33.1 Å². The molecular formula is C23H21N5O2. The van der Waals surface area contributed by atoms with Gasteiger partial charge in [0, 0.05) is 17.1 Å². The van der Waals surface area contributed by atoms with Gasteiger partial charge in [0.15, 0.2) is 11.4 Å². The van der Waals surface area contributed by atoms with Crippen molar-refractivity contribution in [1.29, 1.82) is 5.26 Å². The summed E-state index contributed by atoms with van der Waals surface area (Å²) >= 11 is 0. The molecule has 3 aromatic heterocycles. The molecule has 1 aliphatic rings. The molecule has 0 bridgehead atoms. The Kier molecular flexibility index (Phi) is 4.79. The number of ether oxygens (including phenoxy) is 1. The molecule has 30 heavy (non-hydrogen) atoms. The zero-order chi connectivity index (χ0) is 20.5. The number of aliphatic hydroxyl groups is 1. The SMILES string of the molecule is N#Cc1ncc2[nH]c3ncc(-c4ccc(CO)cc4)cc3c2c1OC1CCNCC1. The van der Waals surface area contributed by atoms with E-state index in [0.717, 1.165) is 64.6 Å². The van der Waals surface area contributed by atoms with Gasteiger partial charge in [0.05, 0.1) is 23.7 Å². The first-order valence-electron chi connectivity index (χ1n) is 10.0. The second kappa shape index (κ2) is 7.75. The number of nitrogens with one attached hydrogen (secondary N) is 2. The number of aliphatic hydroxyl groups excluding tert-OH is 1. The average molecular weight is 399 g/mol. The standard InChI is InChI=1S/C23H21N5O2/c24-10-19-22(30-17-5-7-25-8-6-17)21-18-9-16(15-3-1-14(13-29)2-4-15)11-27-23(18)28-20(21)12-26-19/h1-4,9,11-12,17,25,29H,5-8,13H2,(H,27,28). The predicted molar refractivity (Wildman–Crippen MR) is 114 cm³/mol. The van der Waals surface area contributed by atoms with Crippen LogP contribution in [-0.4, -0.2) is 39.3 Å². The molecule has 0 atom stereocenters. The minimum absolute atomic E-state index is 0.0152. The van der Waals surface area contributed by atoms with E-state index < -0.39 is 0 Å². The predicted octanol–water partition coefficient (Wildman–Crippen LogP) is 3.27. The Morgan fingerprint density at radius 3 is 2.63 bits per heavy atom. The van der Waals surface area contributed by atoms with Crippen LogP contribution in [0.1, 0.15) is 24.1 Å². The minimum atomic E-state index is 0.0152. The zero-order valence-corrected chi connectivity index (χ0v) is 16.4. The third kappa shape index (κ3) is 3.26.